The zero-order chi connectivity index (χ0) is 33.8. The fraction of sp³-hybridized carbons (Fsp3) is 0.224. The quantitative estimate of drug-likeness (QED) is 0.169. The Morgan fingerprint density at radius 2 is 1.20 bits per heavy atom. The van der Waals surface area contributed by atoms with Crippen molar-refractivity contribution < 1.29 is 0 Å². The molecule has 0 heterocycles. The number of rotatable bonds is 5. The van der Waals surface area contributed by atoms with E-state index in [1.807, 2.05) is 0 Å². The summed E-state index contributed by atoms with van der Waals surface area (Å²) >= 11 is 0. The monoisotopic (exact) mass is 645 g/mol. The van der Waals surface area contributed by atoms with Crippen LogP contribution in [0, 0.1) is 5.92 Å². The molecule has 0 fully saturated rings. The number of benzene rings is 6. The molecule has 0 aliphatic heterocycles. The van der Waals surface area contributed by atoms with Gasteiger partial charge in [0.05, 0.1) is 5.69 Å². The van der Waals surface area contributed by atoms with Crippen molar-refractivity contribution in [3.8, 4) is 33.4 Å². The molecule has 1 nitrogen and oxygen atoms in total. The Balaban J connectivity index is 1.23. The van der Waals surface area contributed by atoms with Crippen molar-refractivity contribution in [2.45, 2.75) is 63.7 Å². The summed E-state index contributed by atoms with van der Waals surface area (Å²) in [6, 6.07) is 50.9. The van der Waals surface area contributed by atoms with Crippen LogP contribution in [0.5, 0.6) is 0 Å². The Kier molecular flexibility index (Phi) is 6.35. The summed E-state index contributed by atoms with van der Waals surface area (Å²) in [5, 5.41) is 0. The van der Waals surface area contributed by atoms with E-state index in [1.54, 1.807) is 5.57 Å². The molecule has 2 unspecified atom stereocenters. The fourth-order valence-electron chi connectivity index (χ4n) is 10.1. The van der Waals surface area contributed by atoms with E-state index in [1.165, 1.54) is 97.5 Å². The lowest BCUT2D eigenvalue weighted by Crippen LogP contribution is -2.28. The van der Waals surface area contributed by atoms with Crippen LogP contribution in [0.2, 0.25) is 0 Å². The molecule has 4 aliphatic carbocycles. The van der Waals surface area contributed by atoms with E-state index in [-0.39, 0.29) is 10.8 Å². The highest BCUT2D eigenvalue weighted by Crippen LogP contribution is 2.63. The number of anilines is 3. The molecule has 0 radical (unpaired) electrons. The van der Waals surface area contributed by atoms with Crippen molar-refractivity contribution in [3.05, 3.63) is 173 Å². The van der Waals surface area contributed by atoms with Crippen LogP contribution in [0.25, 0.3) is 33.4 Å². The third-order valence-corrected chi connectivity index (χ3v) is 12.6. The average molecular weight is 646 g/mol. The summed E-state index contributed by atoms with van der Waals surface area (Å²) < 4.78 is 0. The number of hydrogen-bond acceptors (Lipinski definition) is 1. The summed E-state index contributed by atoms with van der Waals surface area (Å²) in [6.07, 6.45) is 6.33. The molecule has 2 bridgehead atoms. The Morgan fingerprint density at radius 1 is 0.580 bits per heavy atom. The minimum absolute atomic E-state index is 0.0120. The first-order chi connectivity index (χ1) is 24.3. The van der Waals surface area contributed by atoms with Crippen molar-refractivity contribution in [2.24, 2.45) is 5.92 Å². The van der Waals surface area contributed by atoms with Crippen LogP contribution < -0.4 is 4.90 Å². The van der Waals surface area contributed by atoms with Gasteiger partial charge in [-0.3, -0.25) is 0 Å². The zero-order valence-corrected chi connectivity index (χ0v) is 29.5. The Hall–Kier alpha value is -5.14. The van der Waals surface area contributed by atoms with Gasteiger partial charge < -0.3 is 4.90 Å². The molecule has 0 saturated heterocycles. The smallest absolute Gasteiger partial charge is 0.0540 e. The predicted octanol–water partition coefficient (Wildman–Crippen LogP) is 13.3. The van der Waals surface area contributed by atoms with Crippen molar-refractivity contribution in [1.82, 2.24) is 0 Å². The lowest BCUT2D eigenvalue weighted by Gasteiger charge is -2.36. The Labute approximate surface area is 297 Å². The first-order valence-electron chi connectivity index (χ1n) is 18.5. The molecule has 10 rings (SSSR count). The largest absolute Gasteiger partial charge is 0.310 e. The highest BCUT2D eigenvalue weighted by atomic mass is 15.1. The minimum atomic E-state index is -0.0867. The number of allylic oxidation sites excluding steroid dienone is 2. The van der Waals surface area contributed by atoms with Crippen LogP contribution in [0.15, 0.2) is 145 Å². The third kappa shape index (κ3) is 4.07. The highest BCUT2D eigenvalue weighted by Gasteiger charge is 2.52. The maximum atomic E-state index is 2.62. The maximum absolute atomic E-state index is 2.62. The molecule has 1 heteroatoms. The molecular formula is C49H43N. The molecular weight excluding hydrogens is 603 g/mol. The fourth-order valence-corrected chi connectivity index (χ4v) is 10.1. The lowest BCUT2D eigenvalue weighted by atomic mass is 9.68. The van der Waals surface area contributed by atoms with Gasteiger partial charge in [0.15, 0.2) is 0 Å². The Bertz CT molecular complexity index is 2370. The average Bonchev–Trinajstić information content (AvgIpc) is 3.89. The van der Waals surface area contributed by atoms with Crippen LogP contribution in [-0.2, 0) is 10.8 Å². The molecule has 0 saturated carbocycles. The van der Waals surface area contributed by atoms with E-state index >= 15 is 0 Å². The molecule has 4 aliphatic rings. The van der Waals surface area contributed by atoms with E-state index < -0.39 is 0 Å². The molecule has 50 heavy (non-hydrogen) atoms. The molecule has 2 atom stereocenters. The highest BCUT2D eigenvalue weighted by molar-refractivity contribution is 5.93. The van der Waals surface area contributed by atoms with Gasteiger partial charge in [0.25, 0.3) is 0 Å². The summed E-state index contributed by atoms with van der Waals surface area (Å²) in [5.41, 5.74) is 20.4. The lowest BCUT2D eigenvalue weighted by molar-refractivity contribution is 0.434. The van der Waals surface area contributed by atoms with Crippen molar-refractivity contribution >= 4 is 17.1 Å². The number of hydrogen-bond donors (Lipinski definition) is 0. The van der Waals surface area contributed by atoms with Gasteiger partial charge in [-0.15, -0.1) is 0 Å². The van der Waals surface area contributed by atoms with E-state index in [0.717, 1.165) is 0 Å². The van der Waals surface area contributed by atoms with Crippen molar-refractivity contribution in [1.29, 1.82) is 0 Å². The van der Waals surface area contributed by atoms with Gasteiger partial charge in [0.1, 0.15) is 0 Å². The standard InChI is InChI=1S/C49H43N/c1-31(2)34-19-25-47(42(27-34)33-12-6-5-7-13-33)50(36-21-23-40-38-14-8-10-16-43(38)48(3,4)45(40)28-36)37-22-24-41-39-15-9-11-17-44(39)49(46(41)29-37)30-32-18-20-35(49)26-32/h5-17,19,21-29,31-32H,18,20,30H2,1-4H3. The van der Waals surface area contributed by atoms with E-state index in [2.05, 4.69) is 172 Å². The van der Waals surface area contributed by atoms with Gasteiger partial charge in [0, 0.05) is 27.8 Å². The van der Waals surface area contributed by atoms with Crippen molar-refractivity contribution in [2.75, 3.05) is 4.90 Å². The summed E-state index contributed by atoms with van der Waals surface area (Å²) in [5.74, 6) is 1.11. The van der Waals surface area contributed by atoms with Crippen LogP contribution in [0.4, 0.5) is 17.1 Å². The van der Waals surface area contributed by atoms with E-state index in [9.17, 15) is 0 Å². The molecule has 6 aromatic rings. The van der Waals surface area contributed by atoms with Gasteiger partial charge >= 0.3 is 0 Å². The topological polar surface area (TPSA) is 3.24 Å². The molecule has 244 valence electrons. The van der Waals surface area contributed by atoms with Crippen LogP contribution >= 0.6 is 0 Å². The molecule has 0 amide bonds. The maximum Gasteiger partial charge on any atom is 0.0540 e. The first-order valence-corrected chi connectivity index (χ1v) is 18.5. The third-order valence-electron chi connectivity index (χ3n) is 12.6. The first kappa shape index (κ1) is 29.7. The van der Waals surface area contributed by atoms with E-state index in [4.69, 9.17) is 0 Å². The van der Waals surface area contributed by atoms with Crippen molar-refractivity contribution in [3.63, 3.8) is 0 Å². The van der Waals surface area contributed by atoms with E-state index in [0.29, 0.717) is 11.8 Å². The van der Waals surface area contributed by atoms with Gasteiger partial charge in [-0.05, 0) is 123 Å². The minimum Gasteiger partial charge on any atom is -0.310 e. The Morgan fingerprint density at radius 3 is 1.88 bits per heavy atom. The van der Waals surface area contributed by atoms with Crippen LogP contribution in [-0.4, -0.2) is 0 Å². The van der Waals surface area contributed by atoms with Gasteiger partial charge in [-0.2, -0.15) is 0 Å². The zero-order valence-electron chi connectivity index (χ0n) is 29.5. The van der Waals surface area contributed by atoms with Gasteiger partial charge in [-0.25, -0.2) is 0 Å². The predicted molar refractivity (Wildman–Crippen MR) is 210 cm³/mol. The molecule has 6 aromatic carbocycles. The molecule has 0 N–H and O–H groups in total. The SMILES string of the molecule is CC(C)c1ccc(N(c2ccc3c(c2)C(C)(C)c2ccccc2-3)c2ccc3c(c2)C2(CC4C=C2CC4)c2ccccc2-3)c(-c2ccccc2)c1. The second kappa shape index (κ2) is 10.7. The molecule has 1 spiro atoms. The second-order valence-electron chi connectivity index (χ2n) is 15.9. The number of nitrogens with zero attached hydrogens (tertiary/aromatic N) is 1. The summed E-state index contributed by atoms with van der Waals surface area (Å²) in [4.78, 5) is 2.56. The number of fused-ring (bicyclic) bond motifs is 10. The van der Waals surface area contributed by atoms with Crippen LogP contribution in [0.3, 0.4) is 0 Å². The summed E-state index contributed by atoms with van der Waals surface area (Å²) in [7, 11) is 0. The van der Waals surface area contributed by atoms with Crippen LogP contribution in [0.1, 0.15) is 80.7 Å². The molecule has 0 aromatic heterocycles. The summed E-state index contributed by atoms with van der Waals surface area (Å²) in [6.45, 7) is 9.36. The second-order valence-corrected chi connectivity index (χ2v) is 15.9. The van der Waals surface area contributed by atoms with Gasteiger partial charge in [-0.1, -0.05) is 136 Å². The van der Waals surface area contributed by atoms with Gasteiger partial charge in [0.2, 0.25) is 0 Å². The normalized spacial score (nSPS) is 20.1.